The van der Waals surface area contributed by atoms with Crippen molar-refractivity contribution in [2.24, 2.45) is 0 Å². The molecule has 2 rings (SSSR count). The molecule has 0 amide bonds. The molecular formula is C13H15ClO4S. The molecule has 4 nitrogen and oxygen atoms in total. The van der Waals surface area contributed by atoms with E-state index in [0.29, 0.717) is 22.9 Å². The lowest BCUT2D eigenvalue weighted by Crippen LogP contribution is -2.27. The van der Waals surface area contributed by atoms with Crippen LogP contribution in [0.5, 0.6) is 5.75 Å². The summed E-state index contributed by atoms with van der Waals surface area (Å²) < 4.78 is 28.3. The summed E-state index contributed by atoms with van der Waals surface area (Å²) in [4.78, 5) is 12.0. The van der Waals surface area contributed by atoms with Crippen molar-refractivity contribution >= 4 is 27.2 Å². The van der Waals surface area contributed by atoms with Gasteiger partial charge in [-0.3, -0.25) is 4.79 Å². The number of halogens is 1. The monoisotopic (exact) mass is 302 g/mol. The van der Waals surface area contributed by atoms with Gasteiger partial charge < -0.3 is 4.74 Å². The molecule has 1 aromatic rings. The number of carbonyl (C=O) groups excluding carboxylic acids is 1. The van der Waals surface area contributed by atoms with E-state index in [1.165, 1.54) is 6.92 Å². The average molecular weight is 303 g/mol. The van der Waals surface area contributed by atoms with Gasteiger partial charge in [0.05, 0.1) is 6.61 Å². The predicted octanol–water partition coefficient (Wildman–Crippen LogP) is 1.82. The Morgan fingerprint density at radius 1 is 1.47 bits per heavy atom. The van der Waals surface area contributed by atoms with Crippen LogP contribution < -0.4 is 4.74 Å². The van der Waals surface area contributed by atoms with Crippen molar-refractivity contribution in [3.05, 3.63) is 28.3 Å². The first-order valence-corrected chi connectivity index (χ1v) is 8.28. The Bertz CT molecular complexity index is 622. The van der Waals surface area contributed by atoms with Gasteiger partial charge >= 0.3 is 0 Å². The number of Topliss-reactive ketones (excluding diaryl/α,β-unsaturated/α-hetero) is 1. The van der Waals surface area contributed by atoms with Gasteiger partial charge in [-0.15, -0.1) is 0 Å². The molecule has 0 radical (unpaired) electrons. The average Bonchev–Trinajstić information content (AvgIpc) is 2.74. The normalized spacial score (nSPS) is 15.7. The number of rotatable bonds is 4. The van der Waals surface area contributed by atoms with E-state index in [2.05, 4.69) is 0 Å². The summed E-state index contributed by atoms with van der Waals surface area (Å²) >= 11 is 6.00. The highest BCUT2D eigenvalue weighted by Gasteiger charge is 2.26. The van der Waals surface area contributed by atoms with Gasteiger partial charge in [0, 0.05) is 29.7 Å². The highest BCUT2D eigenvalue weighted by molar-refractivity contribution is 7.92. The van der Waals surface area contributed by atoms with Gasteiger partial charge in [0.1, 0.15) is 11.0 Å². The Morgan fingerprint density at radius 2 is 2.16 bits per heavy atom. The molecule has 0 saturated heterocycles. The lowest BCUT2D eigenvalue weighted by atomic mass is 10.0. The van der Waals surface area contributed by atoms with Crippen LogP contribution in [0.1, 0.15) is 18.1 Å². The SMILES string of the molecule is CC(C(=O)Cc1cc(Cl)cc2c1OCC2)S(C)(=O)=O. The number of sulfone groups is 1. The number of carbonyl (C=O) groups is 1. The summed E-state index contributed by atoms with van der Waals surface area (Å²) in [5.74, 6) is 0.334. The van der Waals surface area contributed by atoms with E-state index in [0.717, 1.165) is 18.2 Å². The molecule has 1 aliphatic rings. The van der Waals surface area contributed by atoms with Gasteiger partial charge in [-0.1, -0.05) is 11.6 Å². The molecule has 6 heteroatoms. The van der Waals surface area contributed by atoms with Crippen LogP contribution in [0.4, 0.5) is 0 Å². The third kappa shape index (κ3) is 3.09. The van der Waals surface area contributed by atoms with Crippen molar-refractivity contribution in [3.8, 4) is 5.75 Å². The fraction of sp³-hybridized carbons (Fsp3) is 0.462. The molecule has 1 heterocycles. The summed E-state index contributed by atoms with van der Waals surface area (Å²) in [6.45, 7) is 1.97. The van der Waals surface area contributed by atoms with E-state index in [1.54, 1.807) is 6.07 Å². The number of fused-ring (bicyclic) bond motifs is 1. The minimum absolute atomic E-state index is 0.0249. The summed E-state index contributed by atoms with van der Waals surface area (Å²) in [7, 11) is -3.37. The Morgan fingerprint density at radius 3 is 2.79 bits per heavy atom. The molecule has 1 aromatic carbocycles. The summed E-state index contributed by atoms with van der Waals surface area (Å²) in [6, 6.07) is 3.48. The first-order valence-electron chi connectivity index (χ1n) is 5.94. The zero-order chi connectivity index (χ0) is 14.2. The molecule has 0 N–H and O–H groups in total. The molecule has 1 atom stereocenters. The van der Waals surface area contributed by atoms with Crippen LogP contribution in [0, 0.1) is 0 Å². The summed E-state index contributed by atoms with van der Waals surface area (Å²) in [5, 5.41) is -0.470. The Balaban J connectivity index is 2.28. The number of benzene rings is 1. The first kappa shape index (κ1) is 14.3. The minimum atomic E-state index is -3.37. The van der Waals surface area contributed by atoms with E-state index in [9.17, 15) is 13.2 Å². The topological polar surface area (TPSA) is 60.4 Å². The Hall–Kier alpha value is -1.07. The zero-order valence-electron chi connectivity index (χ0n) is 10.8. The van der Waals surface area contributed by atoms with Crippen molar-refractivity contribution in [3.63, 3.8) is 0 Å². The van der Waals surface area contributed by atoms with Crippen molar-refractivity contribution in [1.82, 2.24) is 0 Å². The second kappa shape index (κ2) is 5.13. The van der Waals surface area contributed by atoms with E-state index < -0.39 is 15.1 Å². The van der Waals surface area contributed by atoms with Gasteiger partial charge in [-0.05, 0) is 24.6 Å². The minimum Gasteiger partial charge on any atom is -0.493 e. The first-order chi connectivity index (χ1) is 8.79. The molecule has 0 spiro atoms. The van der Waals surface area contributed by atoms with Crippen molar-refractivity contribution in [2.45, 2.75) is 25.0 Å². The second-order valence-corrected chi connectivity index (χ2v) is 7.57. The quantitative estimate of drug-likeness (QED) is 0.851. The van der Waals surface area contributed by atoms with Gasteiger partial charge in [0.15, 0.2) is 15.6 Å². The maximum Gasteiger partial charge on any atom is 0.157 e. The van der Waals surface area contributed by atoms with E-state index in [4.69, 9.17) is 16.3 Å². The maximum absolute atomic E-state index is 12.0. The summed E-state index contributed by atoms with van der Waals surface area (Å²) in [6.07, 6.45) is 1.85. The van der Waals surface area contributed by atoms with Crippen molar-refractivity contribution < 1.29 is 17.9 Å². The number of hydrogen-bond donors (Lipinski definition) is 0. The third-order valence-electron chi connectivity index (χ3n) is 3.29. The standard InChI is InChI=1S/C13H15ClO4S/c1-8(19(2,16)17)12(15)7-10-6-11(14)5-9-3-4-18-13(9)10/h5-6,8H,3-4,7H2,1-2H3. The highest BCUT2D eigenvalue weighted by atomic mass is 35.5. The Labute approximate surface area is 117 Å². The van der Waals surface area contributed by atoms with E-state index >= 15 is 0 Å². The zero-order valence-corrected chi connectivity index (χ0v) is 12.3. The number of ether oxygens (including phenoxy) is 1. The van der Waals surface area contributed by atoms with E-state index in [1.807, 2.05) is 6.07 Å². The molecule has 0 saturated carbocycles. The van der Waals surface area contributed by atoms with Crippen LogP contribution in [0.3, 0.4) is 0 Å². The predicted molar refractivity (Wildman–Crippen MR) is 73.7 cm³/mol. The molecule has 1 aliphatic heterocycles. The van der Waals surface area contributed by atoms with E-state index in [-0.39, 0.29) is 12.2 Å². The van der Waals surface area contributed by atoms with Crippen LogP contribution in [0.2, 0.25) is 5.02 Å². The fourth-order valence-corrected chi connectivity index (χ4v) is 2.87. The van der Waals surface area contributed by atoms with Gasteiger partial charge in [0.2, 0.25) is 0 Å². The van der Waals surface area contributed by atoms with Crippen LogP contribution in [0.25, 0.3) is 0 Å². The maximum atomic E-state index is 12.0. The van der Waals surface area contributed by atoms with Gasteiger partial charge in [-0.2, -0.15) is 0 Å². The molecule has 1 unspecified atom stereocenters. The van der Waals surface area contributed by atoms with Crippen molar-refractivity contribution in [2.75, 3.05) is 12.9 Å². The Kier molecular flexibility index (Phi) is 3.87. The van der Waals surface area contributed by atoms with Crippen LogP contribution in [-0.2, 0) is 27.5 Å². The molecule has 19 heavy (non-hydrogen) atoms. The molecule has 0 aromatic heterocycles. The summed E-state index contributed by atoms with van der Waals surface area (Å²) in [5.41, 5.74) is 1.64. The van der Waals surface area contributed by atoms with Gasteiger partial charge in [-0.25, -0.2) is 8.42 Å². The lowest BCUT2D eigenvalue weighted by Gasteiger charge is -2.11. The molecular weight excluding hydrogens is 288 g/mol. The fourth-order valence-electron chi connectivity index (χ4n) is 2.05. The largest absolute Gasteiger partial charge is 0.493 e. The molecule has 0 fully saturated rings. The van der Waals surface area contributed by atoms with Gasteiger partial charge in [0.25, 0.3) is 0 Å². The highest BCUT2D eigenvalue weighted by Crippen LogP contribution is 2.33. The number of ketones is 1. The lowest BCUT2D eigenvalue weighted by molar-refractivity contribution is -0.117. The van der Waals surface area contributed by atoms with Crippen molar-refractivity contribution in [1.29, 1.82) is 0 Å². The number of hydrogen-bond acceptors (Lipinski definition) is 4. The van der Waals surface area contributed by atoms with Crippen LogP contribution in [0.15, 0.2) is 12.1 Å². The van der Waals surface area contributed by atoms with Crippen LogP contribution >= 0.6 is 11.6 Å². The molecule has 0 bridgehead atoms. The second-order valence-electron chi connectivity index (χ2n) is 4.77. The van der Waals surface area contributed by atoms with Crippen LogP contribution in [-0.4, -0.2) is 32.3 Å². The third-order valence-corrected chi connectivity index (χ3v) is 5.05. The molecule has 104 valence electrons. The molecule has 0 aliphatic carbocycles. The smallest absolute Gasteiger partial charge is 0.157 e.